The Bertz CT molecular complexity index is 1640. The molecule has 52 heavy (non-hydrogen) atoms. The van der Waals surface area contributed by atoms with Crippen molar-refractivity contribution in [3.63, 3.8) is 0 Å². The number of hydrogen-bond donors (Lipinski definition) is 4. The minimum absolute atomic E-state index is 0.0197. The summed E-state index contributed by atoms with van der Waals surface area (Å²) in [6.07, 6.45) is 8.61. The molecule has 1 unspecified atom stereocenters. The monoisotopic (exact) mass is 758 g/mol. The molecule has 4 amide bonds. The number of nitrogens with one attached hydrogen (secondary N) is 4. The van der Waals surface area contributed by atoms with Gasteiger partial charge >= 0.3 is 6.03 Å². The summed E-state index contributed by atoms with van der Waals surface area (Å²) >= 11 is 1.62. The third-order valence-electron chi connectivity index (χ3n) is 12.4. The smallest absolute Gasteiger partial charge is 0.315 e. The van der Waals surface area contributed by atoms with E-state index in [-0.39, 0.29) is 42.3 Å². The van der Waals surface area contributed by atoms with Gasteiger partial charge in [0.25, 0.3) is 5.91 Å². The predicted octanol–water partition coefficient (Wildman–Crippen LogP) is 4.02. The van der Waals surface area contributed by atoms with Gasteiger partial charge in [-0.1, -0.05) is 79.4 Å². The molecule has 288 valence electrons. The van der Waals surface area contributed by atoms with Crippen LogP contribution < -0.4 is 21.3 Å². The van der Waals surface area contributed by atoms with Gasteiger partial charge in [0.2, 0.25) is 21.7 Å². The molecule has 0 radical (unpaired) electrons. The predicted molar refractivity (Wildman–Crippen MR) is 203 cm³/mol. The van der Waals surface area contributed by atoms with Gasteiger partial charge in [0.1, 0.15) is 6.04 Å². The number of thioether (sulfide) groups is 1. The first kappa shape index (κ1) is 38.9. The van der Waals surface area contributed by atoms with E-state index in [0.29, 0.717) is 55.3 Å². The SMILES string of the molecule is C=CCNC(=O)C(=O)C(CC1CC1)NC(=O)[C@@H]1[C@@H]2[C@H](CN1C(=C)[C@@H](NC(=O)NC1(CN3CC4=C(CCS4)S3(=O)=O)CCCCC1)C(C)(C)C)C2(C)C. The number of hydrogen-bond acceptors (Lipinski definition) is 8. The van der Waals surface area contributed by atoms with E-state index in [9.17, 15) is 27.6 Å². The first-order valence-corrected chi connectivity index (χ1v) is 21.4. The topological polar surface area (TPSA) is 157 Å². The highest BCUT2D eigenvalue weighted by atomic mass is 32.2. The Kier molecular flexibility index (Phi) is 10.8. The molecule has 6 rings (SSSR count). The molecule has 0 aromatic heterocycles. The average Bonchev–Trinajstić information content (AvgIpc) is 3.75. The molecule has 3 heterocycles. The highest BCUT2D eigenvalue weighted by Crippen LogP contribution is 2.65. The van der Waals surface area contributed by atoms with Crippen LogP contribution in [0.15, 0.2) is 34.7 Å². The summed E-state index contributed by atoms with van der Waals surface area (Å²) in [5.41, 5.74) is -0.677. The van der Waals surface area contributed by atoms with Crippen LogP contribution in [0.25, 0.3) is 0 Å². The maximum atomic E-state index is 14.3. The zero-order valence-corrected chi connectivity index (χ0v) is 33.1. The molecule has 3 aliphatic heterocycles. The third kappa shape index (κ3) is 7.71. The molecule has 5 atom stereocenters. The second-order valence-corrected chi connectivity index (χ2v) is 20.8. The summed E-state index contributed by atoms with van der Waals surface area (Å²) < 4.78 is 28.5. The quantitative estimate of drug-likeness (QED) is 0.153. The largest absolute Gasteiger partial charge is 0.361 e. The van der Waals surface area contributed by atoms with Crippen LogP contribution >= 0.6 is 11.8 Å². The Morgan fingerprint density at radius 1 is 1.08 bits per heavy atom. The molecule has 0 spiro atoms. The average molecular weight is 759 g/mol. The molecule has 0 aromatic rings. The van der Waals surface area contributed by atoms with E-state index in [0.717, 1.165) is 42.8 Å². The van der Waals surface area contributed by atoms with E-state index in [4.69, 9.17) is 0 Å². The number of carbonyl (C=O) groups excluding carboxylic acids is 4. The van der Waals surface area contributed by atoms with Gasteiger partial charge in [0, 0.05) is 42.5 Å². The summed E-state index contributed by atoms with van der Waals surface area (Å²) in [6, 6.07) is -2.50. The van der Waals surface area contributed by atoms with E-state index in [1.165, 1.54) is 6.08 Å². The second kappa shape index (κ2) is 14.4. The van der Waals surface area contributed by atoms with Gasteiger partial charge in [-0.15, -0.1) is 18.3 Å². The number of nitrogens with zero attached hydrogens (tertiary/aromatic N) is 2. The van der Waals surface area contributed by atoms with Gasteiger partial charge in [0.05, 0.1) is 22.5 Å². The molecule has 0 aromatic carbocycles. The number of ketones is 1. The Morgan fingerprint density at radius 3 is 2.38 bits per heavy atom. The molecular formula is C38H58N6O6S2. The van der Waals surface area contributed by atoms with E-state index in [1.807, 2.05) is 25.7 Å². The summed E-state index contributed by atoms with van der Waals surface area (Å²) in [4.78, 5) is 57.7. The molecule has 3 saturated carbocycles. The summed E-state index contributed by atoms with van der Waals surface area (Å²) in [5, 5.41) is 12.0. The van der Waals surface area contributed by atoms with Crippen molar-refractivity contribution in [2.75, 3.05) is 31.9 Å². The van der Waals surface area contributed by atoms with Crippen molar-refractivity contribution in [1.29, 1.82) is 0 Å². The maximum Gasteiger partial charge on any atom is 0.315 e. The summed E-state index contributed by atoms with van der Waals surface area (Å²) in [7, 11) is -3.55. The lowest BCUT2D eigenvalue weighted by Gasteiger charge is -2.43. The molecular weight excluding hydrogens is 701 g/mol. The van der Waals surface area contributed by atoms with Crippen LogP contribution in [-0.4, -0.2) is 96.8 Å². The number of allylic oxidation sites excluding steroid dienone is 1. The normalized spacial score (nSPS) is 28.2. The Balaban J connectivity index is 1.18. The van der Waals surface area contributed by atoms with Gasteiger partial charge in [-0.2, -0.15) is 4.31 Å². The number of rotatable bonds is 14. The Morgan fingerprint density at radius 2 is 1.77 bits per heavy atom. The number of likely N-dealkylation sites (tertiary alicyclic amines) is 1. The molecule has 12 nitrogen and oxygen atoms in total. The van der Waals surface area contributed by atoms with Gasteiger partial charge in [-0.3, -0.25) is 14.4 Å². The van der Waals surface area contributed by atoms with E-state index in [2.05, 4.69) is 48.3 Å². The van der Waals surface area contributed by atoms with E-state index < -0.39 is 50.8 Å². The molecule has 14 heteroatoms. The zero-order valence-electron chi connectivity index (χ0n) is 31.5. The van der Waals surface area contributed by atoms with Crippen LogP contribution in [0.5, 0.6) is 0 Å². The number of urea groups is 1. The van der Waals surface area contributed by atoms with Gasteiger partial charge in [-0.25, -0.2) is 13.2 Å². The standard InChI is InChI=1S/C38H58N6O6S2/c1-8-17-39-34(47)31(45)26(19-24-12-13-24)40-33(46)30-29-25(37(29,6)7)20-44(30)23(2)32(36(3,4)5)41-35(48)42-38(15-10-9-11-16-38)22-43-21-27-28(14-18-51-27)52(43,49)50/h8,24-26,29-30,32H,1-2,9-22H2,3-7H3,(H,39,47)(H,40,46)(H2,41,42,48)/t25-,26?,29-,30-,32+/m0/s1. The lowest BCUT2D eigenvalue weighted by molar-refractivity contribution is -0.140. The van der Waals surface area contributed by atoms with Gasteiger partial charge in [-0.05, 0) is 54.3 Å². The van der Waals surface area contributed by atoms with Crippen LogP contribution in [-0.2, 0) is 24.4 Å². The van der Waals surface area contributed by atoms with Crippen LogP contribution in [0.3, 0.4) is 0 Å². The fourth-order valence-electron chi connectivity index (χ4n) is 9.17. The van der Waals surface area contributed by atoms with Crippen molar-refractivity contribution in [3.8, 4) is 0 Å². The van der Waals surface area contributed by atoms with Crippen molar-refractivity contribution in [2.24, 2.45) is 28.6 Å². The van der Waals surface area contributed by atoms with Crippen molar-refractivity contribution < 1.29 is 27.6 Å². The first-order valence-electron chi connectivity index (χ1n) is 19.0. The number of Topliss-reactive ketones (excluding diaryl/α,β-unsaturated/α-hetero) is 1. The number of sulfonamides is 1. The Labute approximate surface area is 313 Å². The number of amides is 4. The zero-order chi connectivity index (χ0) is 37.8. The lowest BCUT2D eigenvalue weighted by atomic mass is 9.81. The highest BCUT2D eigenvalue weighted by molar-refractivity contribution is 8.05. The van der Waals surface area contributed by atoms with Crippen molar-refractivity contribution >= 4 is 45.4 Å². The minimum atomic E-state index is -3.55. The number of piperidine rings is 1. The van der Waals surface area contributed by atoms with Crippen LogP contribution in [0.2, 0.25) is 0 Å². The fraction of sp³-hybridized carbons (Fsp3) is 0.737. The molecule has 4 N–H and O–H groups in total. The van der Waals surface area contributed by atoms with E-state index >= 15 is 0 Å². The molecule has 4 fully saturated rings. The summed E-state index contributed by atoms with van der Waals surface area (Å²) in [5.74, 6) is -0.353. The second-order valence-electron chi connectivity index (χ2n) is 17.6. The first-order chi connectivity index (χ1) is 24.4. The highest BCUT2D eigenvalue weighted by Gasteiger charge is 2.69. The van der Waals surface area contributed by atoms with Crippen LogP contribution in [0.4, 0.5) is 4.79 Å². The molecule has 0 bridgehead atoms. The van der Waals surface area contributed by atoms with Crippen LogP contribution in [0.1, 0.15) is 92.4 Å². The number of fused-ring (bicyclic) bond motifs is 1. The van der Waals surface area contributed by atoms with Crippen LogP contribution in [0, 0.1) is 28.6 Å². The van der Waals surface area contributed by atoms with Gasteiger partial charge in [0.15, 0.2) is 0 Å². The number of carbonyl (C=O) groups is 4. The van der Waals surface area contributed by atoms with E-state index in [1.54, 1.807) is 16.1 Å². The molecule has 3 aliphatic carbocycles. The van der Waals surface area contributed by atoms with Crippen molar-refractivity contribution in [2.45, 2.75) is 116 Å². The molecule has 6 aliphatic rings. The minimum Gasteiger partial charge on any atom is -0.361 e. The Hall–Kier alpha value is -2.84. The third-order valence-corrected chi connectivity index (χ3v) is 15.7. The van der Waals surface area contributed by atoms with Crippen molar-refractivity contribution in [3.05, 3.63) is 34.7 Å². The molecule has 1 saturated heterocycles. The fourth-order valence-corrected chi connectivity index (χ4v) is 12.7. The summed E-state index contributed by atoms with van der Waals surface area (Å²) in [6.45, 7) is 19.8. The van der Waals surface area contributed by atoms with Gasteiger partial charge < -0.3 is 26.2 Å². The maximum absolute atomic E-state index is 14.3. The van der Waals surface area contributed by atoms with Crippen molar-refractivity contribution in [1.82, 2.24) is 30.5 Å². The lowest BCUT2D eigenvalue weighted by Crippen LogP contribution is -2.62.